The fourth-order valence-electron chi connectivity index (χ4n) is 0.918. The number of nitrogen functional groups attached to an aromatic ring is 1. The minimum Gasteiger partial charge on any atom is -0.399 e. The molecule has 1 aromatic rings. The number of rotatable bonds is 1. The zero-order valence-electron chi connectivity index (χ0n) is 6.46. The van der Waals surface area contributed by atoms with Crippen LogP contribution in [-0.2, 0) is 0 Å². The predicted molar refractivity (Wildman–Crippen MR) is 49.4 cm³/mol. The van der Waals surface area contributed by atoms with Crippen LogP contribution in [0.2, 0.25) is 13.1 Å². The largest absolute Gasteiger partial charge is 0.399 e. The van der Waals surface area contributed by atoms with Gasteiger partial charge in [-0.05, 0) is 12.1 Å². The van der Waals surface area contributed by atoms with Gasteiger partial charge < -0.3 is 5.73 Å². The monoisotopic (exact) mass is 151 g/mol. The van der Waals surface area contributed by atoms with Gasteiger partial charge in [0.25, 0.3) is 0 Å². The summed E-state index contributed by atoms with van der Waals surface area (Å²) in [7, 11) is -0.637. The van der Waals surface area contributed by atoms with Gasteiger partial charge in [0.15, 0.2) is 0 Å². The van der Waals surface area contributed by atoms with E-state index in [2.05, 4.69) is 25.2 Å². The first-order valence-electron chi connectivity index (χ1n) is 3.55. The molecule has 1 aromatic carbocycles. The molecular formula is C8H13NSi. The van der Waals surface area contributed by atoms with Crippen molar-refractivity contribution in [2.75, 3.05) is 5.73 Å². The first-order valence-corrected chi connectivity index (χ1v) is 6.44. The highest BCUT2D eigenvalue weighted by Gasteiger charge is 1.98. The highest BCUT2D eigenvalue weighted by Crippen LogP contribution is 1.97. The molecule has 0 spiro atoms. The quantitative estimate of drug-likeness (QED) is 0.469. The lowest BCUT2D eigenvalue weighted by molar-refractivity contribution is 1.71. The molecule has 2 heteroatoms. The van der Waals surface area contributed by atoms with Gasteiger partial charge in [-0.1, -0.05) is 30.4 Å². The topological polar surface area (TPSA) is 26.0 Å². The second-order valence-corrected chi connectivity index (χ2v) is 5.80. The van der Waals surface area contributed by atoms with Gasteiger partial charge in [0, 0.05) is 5.69 Å². The molecular weight excluding hydrogens is 138 g/mol. The van der Waals surface area contributed by atoms with E-state index in [0.29, 0.717) is 0 Å². The SMILES string of the molecule is C[SiH](C)c1cccc(N)c1. The van der Waals surface area contributed by atoms with E-state index in [9.17, 15) is 0 Å². The van der Waals surface area contributed by atoms with E-state index in [4.69, 9.17) is 5.73 Å². The van der Waals surface area contributed by atoms with Gasteiger partial charge in [0.2, 0.25) is 0 Å². The average Bonchev–Trinajstić information content (AvgIpc) is 1.88. The van der Waals surface area contributed by atoms with Gasteiger partial charge in [-0.2, -0.15) is 0 Å². The highest BCUT2D eigenvalue weighted by atomic mass is 28.3. The van der Waals surface area contributed by atoms with Crippen LogP contribution in [0.15, 0.2) is 24.3 Å². The zero-order valence-corrected chi connectivity index (χ0v) is 7.62. The summed E-state index contributed by atoms with van der Waals surface area (Å²) >= 11 is 0. The van der Waals surface area contributed by atoms with Crippen molar-refractivity contribution in [2.45, 2.75) is 13.1 Å². The lowest BCUT2D eigenvalue weighted by Crippen LogP contribution is -2.22. The van der Waals surface area contributed by atoms with Gasteiger partial charge in [0.1, 0.15) is 0 Å². The zero-order chi connectivity index (χ0) is 7.56. The molecule has 0 aliphatic heterocycles. The van der Waals surface area contributed by atoms with Gasteiger partial charge in [-0.25, -0.2) is 0 Å². The van der Waals surface area contributed by atoms with Crippen LogP contribution in [-0.4, -0.2) is 8.80 Å². The molecule has 0 fully saturated rings. The van der Waals surface area contributed by atoms with E-state index in [1.54, 1.807) is 0 Å². The summed E-state index contributed by atoms with van der Waals surface area (Å²) in [6, 6.07) is 8.20. The van der Waals surface area contributed by atoms with Crippen LogP contribution >= 0.6 is 0 Å². The molecule has 0 saturated carbocycles. The third-order valence-corrected chi connectivity index (χ3v) is 3.27. The van der Waals surface area contributed by atoms with Crippen molar-refractivity contribution in [1.82, 2.24) is 0 Å². The number of benzene rings is 1. The molecule has 10 heavy (non-hydrogen) atoms. The van der Waals surface area contributed by atoms with Crippen molar-refractivity contribution in [3.63, 3.8) is 0 Å². The van der Waals surface area contributed by atoms with E-state index >= 15 is 0 Å². The fourth-order valence-corrected chi connectivity index (χ4v) is 1.94. The first-order chi connectivity index (χ1) is 4.70. The van der Waals surface area contributed by atoms with E-state index in [1.807, 2.05) is 12.1 Å². The molecule has 0 saturated heterocycles. The van der Waals surface area contributed by atoms with Crippen LogP contribution in [0.25, 0.3) is 0 Å². The van der Waals surface area contributed by atoms with Crippen LogP contribution in [0, 0.1) is 0 Å². The van der Waals surface area contributed by atoms with Crippen LogP contribution in [0.4, 0.5) is 5.69 Å². The minimum absolute atomic E-state index is 0.637. The standard InChI is InChI=1S/C8H13NSi/c1-10(2)8-5-3-4-7(9)6-8/h3-6,10H,9H2,1-2H3. The van der Waals surface area contributed by atoms with Crippen molar-refractivity contribution in [3.8, 4) is 0 Å². The maximum atomic E-state index is 5.62. The molecule has 0 heterocycles. The Labute approximate surface area is 63.5 Å². The summed E-state index contributed by atoms with van der Waals surface area (Å²) in [6.07, 6.45) is 0. The summed E-state index contributed by atoms with van der Waals surface area (Å²) in [6.45, 7) is 4.60. The van der Waals surface area contributed by atoms with Crippen molar-refractivity contribution in [1.29, 1.82) is 0 Å². The second kappa shape index (κ2) is 2.88. The van der Waals surface area contributed by atoms with Crippen molar-refractivity contribution < 1.29 is 0 Å². The maximum absolute atomic E-state index is 5.62. The van der Waals surface area contributed by atoms with Gasteiger partial charge in [0.05, 0.1) is 8.80 Å². The Hall–Kier alpha value is -0.763. The second-order valence-electron chi connectivity index (χ2n) is 2.82. The maximum Gasteiger partial charge on any atom is 0.0648 e. The van der Waals surface area contributed by atoms with Crippen LogP contribution in [0.5, 0.6) is 0 Å². The lowest BCUT2D eigenvalue weighted by Gasteiger charge is -2.02. The summed E-state index contributed by atoms with van der Waals surface area (Å²) in [5, 5.41) is 1.44. The first kappa shape index (κ1) is 7.35. The Bertz CT molecular complexity index is 220. The third kappa shape index (κ3) is 1.61. The third-order valence-electron chi connectivity index (χ3n) is 1.58. The molecule has 0 aliphatic carbocycles. The molecule has 0 aliphatic rings. The Morgan fingerprint density at radius 1 is 1.30 bits per heavy atom. The lowest BCUT2D eigenvalue weighted by atomic mass is 10.3. The van der Waals surface area contributed by atoms with E-state index < -0.39 is 8.80 Å². The number of anilines is 1. The molecule has 0 unspecified atom stereocenters. The Morgan fingerprint density at radius 2 is 2.00 bits per heavy atom. The molecule has 0 aromatic heterocycles. The van der Waals surface area contributed by atoms with Crippen LogP contribution in [0.3, 0.4) is 0 Å². The van der Waals surface area contributed by atoms with E-state index in [1.165, 1.54) is 5.19 Å². The fraction of sp³-hybridized carbons (Fsp3) is 0.250. The molecule has 1 nitrogen and oxygen atoms in total. The molecule has 2 N–H and O–H groups in total. The number of nitrogens with two attached hydrogens (primary N) is 1. The van der Waals surface area contributed by atoms with Gasteiger partial charge in [-0.15, -0.1) is 0 Å². The van der Waals surface area contributed by atoms with Gasteiger partial charge in [-0.3, -0.25) is 0 Å². The minimum atomic E-state index is -0.637. The van der Waals surface area contributed by atoms with Crippen molar-refractivity contribution in [3.05, 3.63) is 24.3 Å². The van der Waals surface area contributed by atoms with Crippen LogP contribution < -0.4 is 10.9 Å². The van der Waals surface area contributed by atoms with E-state index in [-0.39, 0.29) is 0 Å². The van der Waals surface area contributed by atoms with Crippen molar-refractivity contribution >= 4 is 19.7 Å². The molecule has 0 radical (unpaired) electrons. The molecule has 1 rings (SSSR count). The highest BCUT2D eigenvalue weighted by molar-refractivity contribution is 6.70. The predicted octanol–water partition coefficient (Wildman–Crippen LogP) is 0.962. The molecule has 54 valence electrons. The number of hydrogen-bond acceptors (Lipinski definition) is 1. The van der Waals surface area contributed by atoms with Gasteiger partial charge >= 0.3 is 0 Å². The smallest absolute Gasteiger partial charge is 0.0648 e. The Kier molecular flexibility index (Phi) is 2.12. The van der Waals surface area contributed by atoms with E-state index in [0.717, 1.165) is 5.69 Å². The summed E-state index contributed by atoms with van der Waals surface area (Å²) < 4.78 is 0. The number of hydrogen-bond donors (Lipinski definition) is 1. The Morgan fingerprint density at radius 3 is 2.40 bits per heavy atom. The average molecular weight is 151 g/mol. The summed E-state index contributed by atoms with van der Waals surface area (Å²) in [5.74, 6) is 0. The summed E-state index contributed by atoms with van der Waals surface area (Å²) in [4.78, 5) is 0. The summed E-state index contributed by atoms with van der Waals surface area (Å²) in [5.41, 5.74) is 6.51. The van der Waals surface area contributed by atoms with Crippen LogP contribution in [0.1, 0.15) is 0 Å². The molecule has 0 amide bonds. The molecule has 0 bridgehead atoms. The van der Waals surface area contributed by atoms with Crippen molar-refractivity contribution in [2.24, 2.45) is 0 Å². The Balaban J connectivity index is 2.96. The normalized spacial score (nSPS) is 10.3. The molecule has 0 atom stereocenters.